The standard InChI is InChI=1S/C14H19Cl2N3O/c1-9-4-5-19(7-13(9)17)8-14(20)18-10-2-3-11(15)12(16)6-10/h2-3,6,9,13H,4-5,7-8,17H2,1H3,(H,18,20). The van der Waals surface area contributed by atoms with Crippen molar-refractivity contribution in [2.75, 3.05) is 25.0 Å². The number of hydrogen-bond acceptors (Lipinski definition) is 3. The van der Waals surface area contributed by atoms with Crippen molar-refractivity contribution in [2.24, 2.45) is 11.7 Å². The lowest BCUT2D eigenvalue weighted by atomic mass is 9.94. The van der Waals surface area contributed by atoms with Crippen LogP contribution in [0.2, 0.25) is 10.0 Å². The van der Waals surface area contributed by atoms with Crippen molar-refractivity contribution in [3.05, 3.63) is 28.2 Å². The number of carbonyl (C=O) groups is 1. The molecule has 1 aromatic rings. The fraction of sp³-hybridized carbons (Fsp3) is 0.500. The zero-order valence-electron chi connectivity index (χ0n) is 11.4. The topological polar surface area (TPSA) is 58.4 Å². The number of benzene rings is 1. The van der Waals surface area contributed by atoms with Gasteiger partial charge in [-0.3, -0.25) is 9.69 Å². The predicted octanol–water partition coefficient (Wildman–Crippen LogP) is 2.60. The van der Waals surface area contributed by atoms with Crippen LogP contribution in [0.1, 0.15) is 13.3 Å². The molecule has 4 nitrogen and oxygen atoms in total. The van der Waals surface area contributed by atoms with Crippen molar-refractivity contribution in [2.45, 2.75) is 19.4 Å². The maximum absolute atomic E-state index is 12.0. The molecule has 1 aliphatic heterocycles. The summed E-state index contributed by atoms with van der Waals surface area (Å²) in [4.78, 5) is 14.1. The van der Waals surface area contributed by atoms with Gasteiger partial charge in [0.05, 0.1) is 16.6 Å². The van der Waals surface area contributed by atoms with E-state index in [2.05, 4.69) is 17.1 Å². The van der Waals surface area contributed by atoms with Crippen LogP contribution >= 0.6 is 23.2 Å². The Bertz CT molecular complexity index is 495. The van der Waals surface area contributed by atoms with E-state index in [-0.39, 0.29) is 11.9 Å². The molecule has 0 saturated carbocycles. The lowest BCUT2D eigenvalue weighted by Crippen LogP contribution is -2.49. The van der Waals surface area contributed by atoms with Gasteiger partial charge in [0.15, 0.2) is 0 Å². The highest BCUT2D eigenvalue weighted by Gasteiger charge is 2.24. The molecule has 1 fully saturated rings. The molecule has 0 aromatic heterocycles. The van der Waals surface area contributed by atoms with Crippen molar-refractivity contribution in [1.29, 1.82) is 0 Å². The van der Waals surface area contributed by atoms with E-state index in [4.69, 9.17) is 28.9 Å². The highest BCUT2D eigenvalue weighted by atomic mass is 35.5. The minimum Gasteiger partial charge on any atom is -0.326 e. The fourth-order valence-electron chi connectivity index (χ4n) is 2.29. The molecule has 6 heteroatoms. The van der Waals surface area contributed by atoms with Gasteiger partial charge in [0, 0.05) is 18.3 Å². The van der Waals surface area contributed by atoms with E-state index >= 15 is 0 Å². The van der Waals surface area contributed by atoms with Gasteiger partial charge in [-0.15, -0.1) is 0 Å². The Kier molecular flexibility index (Phi) is 5.27. The third-order valence-corrected chi connectivity index (χ3v) is 4.41. The van der Waals surface area contributed by atoms with Gasteiger partial charge in [0.25, 0.3) is 0 Å². The summed E-state index contributed by atoms with van der Waals surface area (Å²) in [6.07, 6.45) is 1.03. The van der Waals surface area contributed by atoms with Crippen LogP contribution in [0, 0.1) is 5.92 Å². The molecule has 0 aliphatic carbocycles. The highest BCUT2D eigenvalue weighted by Crippen LogP contribution is 2.25. The van der Waals surface area contributed by atoms with E-state index in [1.807, 2.05) is 0 Å². The van der Waals surface area contributed by atoms with E-state index in [0.29, 0.717) is 28.2 Å². The number of piperidine rings is 1. The number of halogens is 2. The van der Waals surface area contributed by atoms with Crippen LogP contribution in [-0.4, -0.2) is 36.5 Å². The Labute approximate surface area is 129 Å². The van der Waals surface area contributed by atoms with Gasteiger partial charge in [-0.1, -0.05) is 30.1 Å². The SMILES string of the molecule is CC1CCN(CC(=O)Nc2ccc(Cl)c(Cl)c2)CC1N. The van der Waals surface area contributed by atoms with Crippen LogP contribution in [0.3, 0.4) is 0 Å². The number of amides is 1. The van der Waals surface area contributed by atoms with Gasteiger partial charge in [-0.2, -0.15) is 0 Å². The Hall–Kier alpha value is -0.810. The Morgan fingerprint density at radius 1 is 1.45 bits per heavy atom. The summed E-state index contributed by atoms with van der Waals surface area (Å²) in [6, 6.07) is 5.18. The maximum atomic E-state index is 12.0. The smallest absolute Gasteiger partial charge is 0.238 e. The first kappa shape index (κ1) is 15.6. The van der Waals surface area contributed by atoms with Crippen molar-refractivity contribution >= 4 is 34.8 Å². The summed E-state index contributed by atoms with van der Waals surface area (Å²) < 4.78 is 0. The first-order valence-electron chi connectivity index (χ1n) is 6.68. The van der Waals surface area contributed by atoms with Crippen molar-refractivity contribution in [1.82, 2.24) is 4.90 Å². The molecule has 110 valence electrons. The van der Waals surface area contributed by atoms with Crippen LogP contribution in [0.25, 0.3) is 0 Å². The number of nitrogens with zero attached hydrogens (tertiary/aromatic N) is 1. The number of nitrogens with one attached hydrogen (secondary N) is 1. The second kappa shape index (κ2) is 6.76. The molecule has 0 bridgehead atoms. The largest absolute Gasteiger partial charge is 0.326 e. The van der Waals surface area contributed by atoms with E-state index in [9.17, 15) is 4.79 Å². The Balaban J connectivity index is 1.87. The van der Waals surface area contributed by atoms with Gasteiger partial charge >= 0.3 is 0 Å². The molecule has 3 N–H and O–H groups in total. The van der Waals surface area contributed by atoms with Crippen LogP contribution in [0.5, 0.6) is 0 Å². The molecule has 2 rings (SSSR count). The number of likely N-dealkylation sites (tertiary alicyclic amines) is 1. The zero-order valence-corrected chi connectivity index (χ0v) is 12.9. The third-order valence-electron chi connectivity index (χ3n) is 3.67. The second-order valence-electron chi connectivity index (χ2n) is 5.34. The normalized spacial score (nSPS) is 23.6. The van der Waals surface area contributed by atoms with Crippen molar-refractivity contribution < 1.29 is 4.79 Å². The minimum absolute atomic E-state index is 0.0647. The number of anilines is 1. The van der Waals surface area contributed by atoms with Crippen LogP contribution in [-0.2, 0) is 4.79 Å². The molecule has 20 heavy (non-hydrogen) atoms. The average Bonchev–Trinajstić information content (AvgIpc) is 2.38. The van der Waals surface area contributed by atoms with Gasteiger partial charge in [0.2, 0.25) is 5.91 Å². The average molecular weight is 316 g/mol. The summed E-state index contributed by atoms with van der Waals surface area (Å²) in [5.41, 5.74) is 6.68. The predicted molar refractivity (Wildman–Crippen MR) is 83.3 cm³/mol. The lowest BCUT2D eigenvalue weighted by Gasteiger charge is -2.34. The van der Waals surface area contributed by atoms with Crippen molar-refractivity contribution in [3.63, 3.8) is 0 Å². The van der Waals surface area contributed by atoms with Crippen LogP contribution in [0.15, 0.2) is 18.2 Å². The molecule has 1 aromatic carbocycles. The van der Waals surface area contributed by atoms with E-state index in [1.54, 1.807) is 18.2 Å². The molecule has 2 atom stereocenters. The summed E-state index contributed by atoms with van der Waals surface area (Å²) in [5, 5.41) is 3.72. The third kappa shape index (κ3) is 4.09. The van der Waals surface area contributed by atoms with Crippen LogP contribution in [0.4, 0.5) is 5.69 Å². The number of nitrogens with two attached hydrogens (primary N) is 1. The molecular weight excluding hydrogens is 297 g/mol. The summed E-state index contributed by atoms with van der Waals surface area (Å²) in [6.45, 7) is 4.16. The first-order chi connectivity index (χ1) is 9.45. The summed E-state index contributed by atoms with van der Waals surface area (Å²) >= 11 is 11.7. The molecule has 1 saturated heterocycles. The molecule has 1 aliphatic rings. The highest BCUT2D eigenvalue weighted by molar-refractivity contribution is 6.42. The molecule has 1 amide bonds. The Morgan fingerprint density at radius 2 is 2.20 bits per heavy atom. The van der Waals surface area contributed by atoms with Gasteiger partial charge in [0.1, 0.15) is 0 Å². The number of carbonyl (C=O) groups excluding carboxylic acids is 1. The second-order valence-corrected chi connectivity index (χ2v) is 6.16. The maximum Gasteiger partial charge on any atom is 0.238 e. The van der Waals surface area contributed by atoms with Gasteiger partial charge in [-0.05, 0) is 37.1 Å². The van der Waals surface area contributed by atoms with E-state index < -0.39 is 0 Å². The molecule has 1 heterocycles. The van der Waals surface area contributed by atoms with Crippen molar-refractivity contribution in [3.8, 4) is 0 Å². The zero-order chi connectivity index (χ0) is 14.7. The summed E-state index contributed by atoms with van der Waals surface area (Å²) in [7, 11) is 0. The lowest BCUT2D eigenvalue weighted by molar-refractivity contribution is -0.117. The molecular formula is C14H19Cl2N3O. The molecule has 2 unspecified atom stereocenters. The molecule has 0 radical (unpaired) electrons. The minimum atomic E-state index is -0.0647. The summed E-state index contributed by atoms with van der Waals surface area (Å²) in [5.74, 6) is 0.453. The van der Waals surface area contributed by atoms with E-state index in [0.717, 1.165) is 19.5 Å². The fourth-order valence-corrected chi connectivity index (χ4v) is 2.59. The molecule has 0 spiro atoms. The quantitative estimate of drug-likeness (QED) is 0.901. The Morgan fingerprint density at radius 3 is 2.85 bits per heavy atom. The first-order valence-corrected chi connectivity index (χ1v) is 7.44. The van der Waals surface area contributed by atoms with Crippen LogP contribution < -0.4 is 11.1 Å². The number of rotatable bonds is 3. The van der Waals surface area contributed by atoms with Gasteiger partial charge < -0.3 is 11.1 Å². The number of hydrogen-bond donors (Lipinski definition) is 2. The van der Waals surface area contributed by atoms with Gasteiger partial charge in [-0.25, -0.2) is 0 Å². The van der Waals surface area contributed by atoms with E-state index in [1.165, 1.54) is 0 Å². The monoisotopic (exact) mass is 315 g/mol.